The number of halogens is 2. The van der Waals surface area contributed by atoms with Gasteiger partial charge in [0.05, 0.1) is 0 Å². The average molecular weight is 358 g/mol. The van der Waals surface area contributed by atoms with Crippen LogP contribution in [0, 0.1) is 5.82 Å². The third-order valence-electron chi connectivity index (χ3n) is 4.93. The summed E-state index contributed by atoms with van der Waals surface area (Å²) in [5, 5.41) is 0. The predicted octanol–water partition coefficient (Wildman–Crippen LogP) is 3.23. The van der Waals surface area contributed by atoms with Gasteiger partial charge in [-0.15, -0.1) is 0 Å². The molecule has 1 saturated heterocycles. The molecular weight excluding hydrogens is 333 g/mol. The van der Waals surface area contributed by atoms with Crippen LogP contribution in [0.15, 0.2) is 22.7 Å². The molecule has 2 unspecified atom stereocenters. The second-order valence-electron chi connectivity index (χ2n) is 6.06. The monoisotopic (exact) mass is 357 g/mol. The molecule has 0 bridgehead atoms. The lowest BCUT2D eigenvalue weighted by molar-refractivity contribution is 0.0840. The SMILES string of the molecule is CCC(C)(C(Cc1cc(F)ccc1Br)NN)N1CCCC1. The van der Waals surface area contributed by atoms with E-state index in [1.807, 2.05) is 0 Å². The van der Waals surface area contributed by atoms with E-state index in [0.29, 0.717) is 6.42 Å². The molecule has 2 atom stereocenters. The molecule has 1 heterocycles. The van der Waals surface area contributed by atoms with Crippen molar-refractivity contribution in [1.29, 1.82) is 0 Å². The van der Waals surface area contributed by atoms with Crippen molar-refractivity contribution in [1.82, 2.24) is 10.3 Å². The molecule has 0 aromatic heterocycles. The Morgan fingerprint density at radius 2 is 2.10 bits per heavy atom. The first kappa shape index (κ1) is 16.9. The van der Waals surface area contributed by atoms with Crippen LogP contribution in [0.4, 0.5) is 4.39 Å². The zero-order valence-corrected chi connectivity index (χ0v) is 14.4. The number of rotatable bonds is 6. The number of likely N-dealkylation sites (tertiary alicyclic amines) is 1. The fourth-order valence-electron chi connectivity index (χ4n) is 3.30. The summed E-state index contributed by atoms with van der Waals surface area (Å²) >= 11 is 3.51. The van der Waals surface area contributed by atoms with E-state index in [4.69, 9.17) is 5.84 Å². The number of nitrogens with zero attached hydrogens (tertiary/aromatic N) is 1. The van der Waals surface area contributed by atoms with Gasteiger partial charge in [0.25, 0.3) is 0 Å². The molecule has 2 rings (SSSR count). The van der Waals surface area contributed by atoms with Gasteiger partial charge in [0, 0.05) is 16.1 Å². The van der Waals surface area contributed by atoms with Gasteiger partial charge in [-0.1, -0.05) is 22.9 Å². The molecule has 0 aliphatic carbocycles. The molecular formula is C16H25BrFN3. The maximum Gasteiger partial charge on any atom is 0.123 e. The van der Waals surface area contributed by atoms with Crippen LogP contribution in [0.2, 0.25) is 0 Å². The molecule has 1 aliphatic rings. The first-order valence-electron chi connectivity index (χ1n) is 7.66. The molecule has 21 heavy (non-hydrogen) atoms. The Labute approximate surface area is 135 Å². The maximum absolute atomic E-state index is 13.5. The van der Waals surface area contributed by atoms with Crippen LogP contribution < -0.4 is 11.3 Å². The summed E-state index contributed by atoms with van der Waals surface area (Å²) in [4.78, 5) is 2.52. The zero-order chi connectivity index (χ0) is 15.5. The lowest BCUT2D eigenvalue weighted by Crippen LogP contribution is -2.61. The number of hydrogen-bond acceptors (Lipinski definition) is 3. The Morgan fingerprint density at radius 3 is 2.67 bits per heavy atom. The topological polar surface area (TPSA) is 41.3 Å². The lowest BCUT2D eigenvalue weighted by Gasteiger charge is -2.44. The second-order valence-corrected chi connectivity index (χ2v) is 6.92. The molecule has 0 radical (unpaired) electrons. The van der Waals surface area contributed by atoms with E-state index in [2.05, 4.69) is 40.1 Å². The summed E-state index contributed by atoms with van der Waals surface area (Å²) in [7, 11) is 0. The van der Waals surface area contributed by atoms with Crippen LogP contribution in [0.1, 0.15) is 38.7 Å². The lowest BCUT2D eigenvalue weighted by atomic mass is 9.84. The van der Waals surface area contributed by atoms with Gasteiger partial charge in [-0.2, -0.15) is 0 Å². The molecule has 3 N–H and O–H groups in total. The van der Waals surface area contributed by atoms with Crippen molar-refractivity contribution in [2.75, 3.05) is 13.1 Å². The van der Waals surface area contributed by atoms with Crippen molar-refractivity contribution in [2.24, 2.45) is 5.84 Å². The van der Waals surface area contributed by atoms with Gasteiger partial charge >= 0.3 is 0 Å². The highest BCUT2D eigenvalue weighted by atomic mass is 79.9. The van der Waals surface area contributed by atoms with Gasteiger partial charge < -0.3 is 0 Å². The minimum Gasteiger partial charge on any atom is -0.296 e. The first-order valence-corrected chi connectivity index (χ1v) is 8.45. The number of hydrazine groups is 1. The highest BCUT2D eigenvalue weighted by Gasteiger charge is 2.39. The van der Waals surface area contributed by atoms with Crippen LogP contribution in [0.3, 0.4) is 0 Å². The van der Waals surface area contributed by atoms with Crippen molar-refractivity contribution in [3.05, 3.63) is 34.1 Å². The van der Waals surface area contributed by atoms with E-state index in [-0.39, 0.29) is 17.4 Å². The van der Waals surface area contributed by atoms with E-state index < -0.39 is 0 Å². The summed E-state index contributed by atoms with van der Waals surface area (Å²) in [5.74, 6) is 5.65. The highest BCUT2D eigenvalue weighted by molar-refractivity contribution is 9.10. The maximum atomic E-state index is 13.5. The minimum atomic E-state index is -0.205. The minimum absolute atomic E-state index is 0.0169. The largest absolute Gasteiger partial charge is 0.296 e. The van der Waals surface area contributed by atoms with E-state index in [9.17, 15) is 4.39 Å². The Hall–Kier alpha value is -0.490. The molecule has 3 nitrogen and oxygen atoms in total. The molecule has 1 aromatic carbocycles. The van der Waals surface area contributed by atoms with Crippen molar-refractivity contribution in [3.8, 4) is 0 Å². The number of nitrogens with one attached hydrogen (secondary N) is 1. The predicted molar refractivity (Wildman–Crippen MR) is 88.4 cm³/mol. The Balaban J connectivity index is 2.22. The van der Waals surface area contributed by atoms with Crippen LogP contribution in [0.5, 0.6) is 0 Å². The molecule has 0 amide bonds. The van der Waals surface area contributed by atoms with Crippen LogP contribution in [-0.2, 0) is 6.42 Å². The molecule has 0 saturated carbocycles. The summed E-state index contributed by atoms with van der Waals surface area (Å²) in [6.45, 7) is 6.69. The molecule has 1 aromatic rings. The first-order chi connectivity index (χ1) is 10.0. The average Bonchev–Trinajstić information content (AvgIpc) is 3.02. The Bertz CT molecular complexity index is 477. The zero-order valence-electron chi connectivity index (χ0n) is 12.8. The van der Waals surface area contributed by atoms with Crippen molar-refractivity contribution >= 4 is 15.9 Å². The van der Waals surface area contributed by atoms with Gasteiger partial charge in [0.15, 0.2) is 0 Å². The standard InChI is InChI=1S/C16H25BrFN3/c1-3-16(2,21-8-4-5-9-21)15(20-19)11-12-10-13(18)6-7-14(12)17/h6-7,10,15,20H,3-5,8-9,11,19H2,1-2H3. The van der Waals surface area contributed by atoms with Gasteiger partial charge in [-0.25, -0.2) is 4.39 Å². The van der Waals surface area contributed by atoms with Crippen molar-refractivity contribution < 1.29 is 4.39 Å². The van der Waals surface area contributed by atoms with Crippen LogP contribution in [-0.4, -0.2) is 29.6 Å². The van der Waals surface area contributed by atoms with Crippen molar-refractivity contribution in [2.45, 2.75) is 51.1 Å². The van der Waals surface area contributed by atoms with Crippen LogP contribution in [0.25, 0.3) is 0 Å². The summed E-state index contributed by atoms with van der Waals surface area (Å²) in [5.41, 5.74) is 3.92. The fourth-order valence-corrected chi connectivity index (χ4v) is 3.70. The van der Waals surface area contributed by atoms with Gasteiger partial charge in [0.2, 0.25) is 0 Å². The molecule has 118 valence electrons. The van der Waals surface area contributed by atoms with Crippen LogP contribution >= 0.6 is 15.9 Å². The van der Waals surface area contributed by atoms with Gasteiger partial charge in [0.1, 0.15) is 5.82 Å². The normalized spacial score (nSPS) is 20.4. The third kappa shape index (κ3) is 3.65. The van der Waals surface area contributed by atoms with Crippen molar-refractivity contribution in [3.63, 3.8) is 0 Å². The number of benzene rings is 1. The van der Waals surface area contributed by atoms with Gasteiger partial charge in [-0.05, 0) is 69.5 Å². The third-order valence-corrected chi connectivity index (χ3v) is 5.70. The van der Waals surface area contributed by atoms with Gasteiger partial charge in [-0.3, -0.25) is 16.2 Å². The van der Waals surface area contributed by atoms with E-state index in [1.165, 1.54) is 18.9 Å². The van der Waals surface area contributed by atoms with E-state index in [1.54, 1.807) is 12.1 Å². The molecule has 5 heteroatoms. The van der Waals surface area contributed by atoms with E-state index >= 15 is 0 Å². The smallest absolute Gasteiger partial charge is 0.123 e. The fraction of sp³-hybridized carbons (Fsp3) is 0.625. The molecule has 0 spiro atoms. The van der Waals surface area contributed by atoms with E-state index in [0.717, 1.165) is 29.5 Å². The summed E-state index contributed by atoms with van der Waals surface area (Å²) in [6, 6.07) is 4.91. The summed E-state index contributed by atoms with van der Waals surface area (Å²) < 4.78 is 14.4. The number of nitrogens with two attached hydrogens (primary N) is 1. The second kappa shape index (κ2) is 7.18. The number of hydrogen-bond donors (Lipinski definition) is 2. The molecule has 1 aliphatic heterocycles. The summed E-state index contributed by atoms with van der Waals surface area (Å²) in [6.07, 6.45) is 4.21. The Kier molecular flexibility index (Phi) is 5.77. The highest BCUT2D eigenvalue weighted by Crippen LogP contribution is 2.31. The Morgan fingerprint density at radius 1 is 1.43 bits per heavy atom. The quantitative estimate of drug-likeness (QED) is 0.606. The molecule has 1 fully saturated rings.